The van der Waals surface area contributed by atoms with Crippen molar-refractivity contribution in [2.45, 2.75) is 13.0 Å². The topological polar surface area (TPSA) is 50.4 Å². The lowest BCUT2D eigenvalue weighted by molar-refractivity contribution is -0.119. The van der Waals surface area contributed by atoms with Gasteiger partial charge in [0.15, 0.2) is 0 Å². The maximum atomic E-state index is 11.1. The van der Waals surface area contributed by atoms with Gasteiger partial charge in [0.25, 0.3) is 0 Å². The van der Waals surface area contributed by atoms with Gasteiger partial charge in [0.2, 0.25) is 5.91 Å². The summed E-state index contributed by atoms with van der Waals surface area (Å²) in [5.74, 6) is 0.112. The van der Waals surface area contributed by atoms with Crippen molar-refractivity contribution in [3.63, 3.8) is 0 Å². The predicted molar refractivity (Wildman–Crippen MR) is 87.4 cm³/mol. The van der Waals surface area contributed by atoms with E-state index in [9.17, 15) is 4.79 Å². The zero-order chi connectivity index (χ0) is 14.5. The summed E-state index contributed by atoms with van der Waals surface area (Å²) in [5, 5.41) is 7.21. The van der Waals surface area contributed by atoms with E-state index in [0.29, 0.717) is 23.2 Å². The first-order chi connectivity index (χ1) is 9.58. The van der Waals surface area contributed by atoms with Gasteiger partial charge in [-0.15, -0.1) is 12.4 Å². The first kappa shape index (κ1) is 18.5. The molecule has 4 nitrogen and oxygen atoms in total. The molecular formula is C14H19Cl3N2O2. The molecule has 2 N–H and O–H groups in total. The Morgan fingerprint density at radius 3 is 2.86 bits per heavy atom. The molecule has 0 spiro atoms. The Labute approximate surface area is 140 Å². The Bertz CT molecular complexity index is 485. The number of carbonyl (C=O) groups is 1. The van der Waals surface area contributed by atoms with Crippen molar-refractivity contribution in [2.24, 2.45) is 5.92 Å². The van der Waals surface area contributed by atoms with Crippen molar-refractivity contribution in [1.82, 2.24) is 10.6 Å². The summed E-state index contributed by atoms with van der Waals surface area (Å²) in [7, 11) is 0. The van der Waals surface area contributed by atoms with Crippen LogP contribution < -0.4 is 10.6 Å². The lowest BCUT2D eigenvalue weighted by atomic mass is 9.95. The normalized spacial score (nSPS) is 22.0. The van der Waals surface area contributed by atoms with Crippen LogP contribution in [0.5, 0.6) is 0 Å². The van der Waals surface area contributed by atoms with Crippen LogP contribution in [0.25, 0.3) is 0 Å². The number of halogens is 3. The highest BCUT2D eigenvalue weighted by Gasteiger charge is 2.26. The third-order valence-electron chi connectivity index (χ3n) is 3.30. The van der Waals surface area contributed by atoms with Crippen molar-refractivity contribution >= 4 is 41.5 Å². The standard InChI is InChI=1S/C14H18Cl2N2O2.ClH/c1-9(19)18-8-11-7-17-4-5-20-14(11)10-2-3-12(15)13(16)6-10;/h2-3,6,11,14,17H,4-5,7-8H2,1H3,(H,18,19);1H/t11-,14-;/m0./s1. The minimum absolute atomic E-state index is 0. The average molecular weight is 354 g/mol. The number of hydrogen-bond acceptors (Lipinski definition) is 3. The van der Waals surface area contributed by atoms with E-state index < -0.39 is 0 Å². The van der Waals surface area contributed by atoms with Gasteiger partial charge < -0.3 is 15.4 Å². The van der Waals surface area contributed by atoms with E-state index >= 15 is 0 Å². The van der Waals surface area contributed by atoms with Gasteiger partial charge in [-0.25, -0.2) is 0 Å². The van der Waals surface area contributed by atoms with Crippen molar-refractivity contribution < 1.29 is 9.53 Å². The number of rotatable bonds is 3. The largest absolute Gasteiger partial charge is 0.372 e. The van der Waals surface area contributed by atoms with E-state index in [2.05, 4.69) is 10.6 Å². The van der Waals surface area contributed by atoms with E-state index in [1.807, 2.05) is 12.1 Å². The Balaban J connectivity index is 0.00000220. The van der Waals surface area contributed by atoms with Gasteiger partial charge in [0.1, 0.15) is 0 Å². The second-order valence-corrected chi connectivity index (χ2v) is 5.68. The summed E-state index contributed by atoms with van der Waals surface area (Å²) >= 11 is 12.0. The molecule has 0 bridgehead atoms. The molecule has 1 aliphatic heterocycles. The highest BCUT2D eigenvalue weighted by molar-refractivity contribution is 6.42. The number of benzene rings is 1. The molecule has 0 saturated carbocycles. The smallest absolute Gasteiger partial charge is 0.216 e. The van der Waals surface area contributed by atoms with Crippen molar-refractivity contribution in [1.29, 1.82) is 0 Å². The Morgan fingerprint density at radius 2 is 2.19 bits per heavy atom. The fraction of sp³-hybridized carbons (Fsp3) is 0.500. The van der Waals surface area contributed by atoms with E-state index in [1.54, 1.807) is 6.07 Å². The minimum Gasteiger partial charge on any atom is -0.372 e. The van der Waals surface area contributed by atoms with E-state index in [4.69, 9.17) is 27.9 Å². The monoisotopic (exact) mass is 352 g/mol. The van der Waals surface area contributed by atoms with Crippen LogP contribution in [0.4, 0.5) is 0 Å². The fourth-order valence-electron chi connectivity index (χ4n) is 2.30. The summed E-state index contributed by atoms with van der Waals surface area (Å²) in [5.41, 5.74) is 0.985. The molecule has 0 aromatic heterocycles. The quantitative estimate of drug-likeness (QED) is 0.878. The lowest BCUT2D eigenvalue weighted by Crippen LogP contribution is -2.35. The average Bonchev–Trinajstić information content (AvgIpc) is 2.65. The number of carbonyl (C=O) groups excluding carboxylic acids is 1. The first-order valence-corrected chi connectivity index (χ1v) is 7.35. The SMILES string of the molecule is CC(=O)NC[C@@H]1CNCCO[C@H]1c1ccc(Cl)c(Cl)c1.Cl. The number of hydrogen-bond donors (Lipinski definition) is 2. The molecule has 118 valence electrons. The summed E-state index contributed by atoms with van der Waals surface area (Å²) in [6.07, 6.45) is -0.105. The maximum Gasteiger partial charge on any atom is 0.216 e. The second kappa shape index (κ2) is 8.81. The molecule has 1 heterocycles. The zero-order valence-electron chi connectivity index (χ0n) is 11.7. The predicted octanol–water partition coefficient (Wildman–Crippen LogP) is 2.83. The van der Waals surface area contributed by atoms with Crippen LogP contribution in [0.3, 0.4) is 0 Å². The van der Waals surface area contributed by atoms with Gasteiger partial charge in [0, 0.05) is 32.5 Å². The highest BCUT2D eigenvalue weighted by Crippen LogP contribution is 2.31. The van der Waals surface area contributed by atoms with Gasteiger partial charge in [-0.2, -0.15) is 0 Å². The molecule has 1 saturated heterocycles. The van der Waals surface area contributed by atoms with Gasteiger partial charge in [-0.05, 0) is 17.7 Å². The molecule has 1 aromatic rings. The maximum absolute atomic E-state index is 11.1. The molecule has 1 fully saturated rings. The van der Waals surface area contributed by atoms with E-state index in [-0.39, 0.29) is 30.3 Å². The van der Waals surface area contributed by atoms with Gasteiger partial charge in [-0.1, -0.05) is 29.3 Å². The van der Waals surface area contributed by atoms with Gasteiger partial charge >= 0.3 is 0 Å². The number of ether oxygens (including phenoxy) is 1. The zero-order valence-corrected chi connectivity index (χ0v) is 14.0. The molecule has 2 atom stereocenters. The number of nitrogens with one attached hydrogen (secondary N) is 2. The lowest BCUT2D eigenvalue weighted by Gasteiger charge is -2.25. The molecule has 0 unspecified atom stereocenters. The van der Waals surface area contributed by atoms with Crippen LogP contribution in [0.1, 0.15) is 18.6 Å². The van der Waals surface area contributed by atoms with Crippen LogP contribution in [0.15, 0.2) is 18.2 Å². The summed E-state index contributed by atoms with van der Waals surface area (Å²) < 4.78 is 5.91. The molecule has 2 rings (SSSR count). The first-order valence-electron chi connectivity index (χ1n) is 6.59. The summed E-state index contributed by atoms with van der Waals surface area (Å²) in [4.78, 5) is 11.1. The van der Waals surface area contributed by atoms with Crippen LogP contribution in [-0.2, 0) is 9.53 Å². The van der Waals surface area contributed by atoms with Gasteiger partial charge in [-0.3, -0.25) is 4.79 Å². The van der Waals surface area contributed by atoms with E-state index in [1.165, 1.54) is 6.92 Å². The van der Waals surface area contributed by atoms with E-state index in [0.717, 1.165) is 18.7 Å². The molecule has 1 aromatic carbocycles. The summed E-state index contributed by atoms with van der Waals surface area (Å²) in [6, 6.07) is 5.53. The van der Waals surface area contributed by atoms with Crippen LogP contribution in [0, 0.1) is 5.92 Å². The Morgan fingerprint density at radius 1 is 1.43 bits per heavy atom. The minimum atomic E-state index is -0.105. The van der Waals surface area contributed by atoms with Crippen molar-refractivity contribution in [2.75, 3.05) is 26.2 Å². The highest BCUT2D eigenvalue weighted by atomic mass is 35.5. The van der Waals surface area contributed by atoms with Gasteiger partial charge in [0.05, 0.1) is 22.8 Å². The second-order valence-electron chi connectivity index (χ2n) is 4.87. The molecule has 1 amide bonds. The Hall–Kier alpha value is -0.520. The van der Waals surface area contributed by atoms with Crippen LogP contribution in [0.2, 0.25) is 10.0 Å². The summed E-state index contributed by atoms with van der Waals surface area (Å²) in [6.45, 7) is 4.29. The molecule has 21 heavy (non-hydrogen) atoms. The molecule has 0 radical (unpaired) electrons. The molecule has 7 heteroatoms. The Kier molecular flexibility index (Phi) is 7.77. The number of amides is 1. The fourth-order valence-corrected chi connectivity index (χ4v) is 2.61. The molecule has 1 aliphatic rings. The van der Waals surface area contributed by atoms with Crippen LogP contribution in [-0.4, -0.2) is 32.1 Å². The molecular weight excluding hydrogens is 335 g/mol. The third-order valence-corrected chi connectivity index (χ3v) is 4.04. The van der Waals surface area contributed by atoms with Crippen LogP contribution >= 0.6 is 35.6 Å². The van der Waals surface area contributed by atoms with Crippen molar-refractivity contribution in [3.8, 4) is 0 Å². The molecule has 0 aliphatic carbocycles. The third kappa shape index (κ3) is 5.31. The van der Waals surface area contributed by atoms with Crippen molar-refractivity contribution in [3.05, 3.63) is 33.8 Å².